The molecule has 0 saturated heterocycles. The van der Waals surface area contributed by atoms with E-state index in [2.05, 4.69) is 9.98 Å². The summed E-state index contributed by atoms with van der Waals surface area (Å²) in [4.78, 5) is 17.8. The van der Waals surface area contributed by atoms with E-state index in [9.17, 15) is 4.79 Å². The van der Waals surface area contributed by atoms with Crippen molar-refractivity contribution in [2.24, 2.45) is 4.99 Å². The highest BCUT2D eigenvalue weighted by Gasteiger charge is 2.07. The average Bonchev–Trinajstić information content (AvgIpc) is 2.33. The van der Waals surface area contributed by atoms with Gasteiger partial charge in [0.1, 0.15) is 0 Å². The molecule has 78 valence electrons. The third-order valence-corrected chi connectivity index (χ3v) is 2.51. The highest BCUT2D eigenvalue weighted by atomic mass is 35.5. The number of carbonyl (C=O) groups excluding carboxylic acids is 1. The molecule has 0 aliphatic heterocycles. The van der Waals surface area contributed by atoms with Crippen molar-refractivity contribution in [3.63, 3.8) is 0 Å². The molecular formula is C12H7ClN2O. The van der Waals surface area contributed by atoms with E-state index >= 15 is 0 Å². The fourth-order valence-corrected chi connectivity index (χ4v) is 1.68. The van der Waals surface area contributed by atoms with Crippen molar-refractivity contribution >= 4 is 23.4 Å². The van der Waals surface area contributed by atoms with Crippen LogP contribution >= 0.6 is 11.6 Å². The summed E-state index contributed by atoms with van der Waals surface area (Å²) >= 11 is 6.12. The van der Waals surface area contributed by atoms with Gasteiger partial charge in [0.2, 0.25) is 6.08 Å². The zero-order chi connectivity index (χ0) is 11.4. The van der Waals surface area contributed by atoms with Gasteiger partial charge < -0.3 is 0 Å². The minimum absolute atomic E-state index is 0.415. The molecule has 1 heterocycles. The van der Waals surface area contributed by atoms with E-state index in [0.29, 0.717) is 10.7 Å². The summed E-state index contributed by atoms with van der Waals surface area (Å²) in [5.74, 6) is 0. The number of hydrogen-bond acceptors (Lipinski definition) is 3. The molecule has 0 N–H and O–H groups in total. The topological polar surface area (TPSA) is 42.3 Å². The van der Waals surface area contributed by atoms with Crippen molar-refractivity contribution in [1.82, 2.24) is 4.98 Å². The Morgan fingerprint density at radius 2 is 2.12 bits per heavy atom. The Morgan fingerprint density at radius 1 is 1.25 bits per heavy atom. The van der Waals surface area contributed by atoms with Gasteiger partial charge in [-0.25, -0.2) is 4.79 Å². The molecule has 0 radical (unpaired) electrons. The number of nitrogens with zero attached hydrogens (tertiary/aromatic N) is 2. The molecule has 2 aromatic rings. The summed E-state index contributed by atoms with van der Waals surface area (Å²) in [6.45, 7) is 0. The number of hydrogen-bond donors (Lipinski definition) is 0. The van der Waals surface area contributed by atoms with Gasteiger partial charge in [-0.15, -0.1) is 0 Å². The third kappa shape index (κ3) is 2.01. The molecule has 0 atom stereocenters. The molecule has 16 heavy (non-hydrogen) atoms. The van der Waals surface area contributed by atoms with Crippen LogP contribution in [-0.4, -0.2) is 11.1 Å². The monoisotopic (exact) mass is 230 g/mol. The Labute approximate surface area is 97.4 Å². The van der Waals surface area contributed by atoms with E-state index in [1.165, 1.54) is 6.08 Å². The van der Waals surface area contributed by atoms with Gasteiger partial charge in [0.05, 0.1) is 10.7 Å². The summed E-state index contributed by atoms with van der Waals surface area (Å²) < 4.78 is 0. The van der Waals surface area contributed by atoms with Crippen LogP contribution < -0.4 is 0 Å². The Bertz CT molecular complexity index is 548. The molecule has 1 aromatic heterocycles. The summed E-state index contributed by atoms with van der Waals surface area (Å²) in [6.07, 6.45) is 4.87. The molecule has 0 bridgehead atoms. The van der Waals surface area contributed by atoms with Crippen molar-refractivity contribution in [3.8, 4) is 11.1 Å². The fourth-order valence-electron chi connectivity index (χ4n) is 1.40. The van der Waals surface area contributed by atoms with E-state index in [-0.39, 0.29) is 0 Å². The summed E-state index contributed by atoms with van der Waals surface area (Å²) in [5.41, 5.74) is 2.10. The summed E-state index contributed by atoms with van der Waals surface area (Å²) in [7, 11) is 0. The molecule has 0 spiro atoms. The third-order valence-electron chi connectivity index (χ3n) is 2.12. The molecule has 3 nitrogen and oxygen atoms in total. The van der Waals surface area contributed by atoms with Gasteiger partial charge in [-0.2, -0.15) is 4.99 Å². The van der Waals surface area contributed by atoms with Crippen molar-refractivity contribution in [1.29, 1.82) is 0 Å². The summed E-state index contributed by atoms with van der Waals surface area (Å²) in [5, 5.41) is 0.429. The smallest absolute Gasteiger partial charge is 0.240 e. The predicted molar refractivity (Wildman–Crippen MR) is 62.5 cm³/mol. The molecule has 0 aliphatic rings. The van der Waals surface area contributed by atoms with E-state index in [0.717, 1.165) is 11.1 Å². The van der Waals surface area contributed by atoms with Crippen LogP contribution in [0.2, 0.25) is 5.02 Å². The standard InChI is InChI=1S/C12H7ClN2O/c13-12-10(9-3-2-6-14-7-9)4-1-5-11(12)15-8-16/h1-7H. The van der Waals surface area contributed by atoms with Crippen LogP contribution in [0.5, 0.6) is 0 Å². The maximum atomic E-state index is 10.2. The quantitative estimate of drug-likeness (QED) is 0.586. The van der Waals surface area contributed by atoms with Crippen LogP contribution in [-0.2, 0) is 4.79 Å². The fraction of sp³-hybridized carbons (Fsp3) is 0. The van der Waals surface area contributed by atoms with Crippen molar-refractivity contribution < 1.29 is 4.79 Å². The van der Waals surface area contributed by atoms with E-state index < -0.39 is 0 Å². The van der Waals surface area contributed by atoms with Crippen LogP contribution in [0.1, 0.15) is 0 Å². The van der Waals surface area contributed by atoms with Gasteiger partial charge >= 0.3 is 0 Å². The minimum Gasteiger partial charge on any atom is -0.264 e. The van der Waals surface area contributed by atoms with Gasteiger partial charge in [-0.3, -0.25) is 4.98 Å². The van der Waals surface area contributed by atoms with Crippen LogP contribution in [0, 0.1) is 0 Å². The molecule has 0 amide bonds. The minimum atomic E-state index is 0.415. The van der Waals surface area contributed by atoms with Gasteiger partial charge in [-0.05, 0) is 12.1 Å². The molecule has 4 heteroatoms. The summed E-state index contributed by atoms with van der Waals surface area (Å²) in [6, 6.07) is 9.00. The van der Waals surface area contributed by atoms with Crippen molar-refractivity contribution in [2.45, 2.75) is 0 Å². The molecule has 0 aliphatic carbocycles. The van der Waals surface area contributed by atoms with Gasteiger partial charge in [0.15, 0.2) is 0 Å². The number of rotatable bonds is 2. The lowest BCUT2D eigenvalue weighted by molar-refractivity contribution is 0.565. The molecule has 2 rings (SSSR count). The Balaban J connectivity index is 2.59. The average molecular weight is 231 g/mol. The first-order valence-corrected chi connectivity index (χ1v) is 4.97. The zero-order valence-corrected chi connectivity index (χ0v) is 8.98. The predicted octanol–water partition coefficient (Wildman–Crippen LogP) is 3.37. The number of pyridine rings is 1. The van der Waals surface area contributed by atoms with Crippen LogP contribution in [0.25, 0.3) is 11.1 Å². The first kappa shape index (κ1) is 10.6. The largest absolute Gasteiger partial charge is 0.264 e. The van der Waals surface area contributed by atoms with Crippen LogP contribution in [0.15, 0.2) is 47.7 Å². The molecular weight excluding hydrogens is 224 g/mol. The number of benzene rings is 1. The van der Waals surface area contributed by atoms with Crippen LogP contribution in [0.4, 0.5) is 5.69 Å². The lowest BCUT2D eigenvalue weighted by Crippen LogP contribution is -1.81. The molecule has 0 unspecified atom stereocenters. The van der Waals surface area contributed by atoms with Crippen molar-refractivity contribution in [3.05, 3.63) is 47.7 Å². The lowest BCUT2D eigenvalue weighted by atomic mass is 10.1. The number of aliphatic imine (C=N–C) groups is 1. The highest BCUT2D eigenvalue weighted by Crippen LogP contribution is 2.34. The number of isocyanates is 1. The van der Waals surface area contributed by atoms with E-state index in [1.54, 1.807) is 24.5 Å². The van der Waals surface area contributed by atoms with E-state index in [4.69, 9.17) is 11.6 Å². The molecule has 0 fully saturated rings. The number of aromatic nitrogens is 1. The van der Waals surface area contributed by atoms with E-state index in [1.807, 2.05) is 18.2 Å². The first-order chi connectivity index (χ1) is 7.83. The first-order valence-electron chi connectivity index (χ1n) is 4.59. The van der Waals surface area contributed by atoms with Crippen molar-refractivity contribution in [2.75, 3.05) is 0 Å². The second-order valence-corrected chi connectivity index (χ2v) is 3.46. The second kappa shape index (κ2) is 4.71. The Hall–Kier alpha value is -1.96. The maximum Gasteiger partial charge on any atom is 0.240 e. The zero-order valence-electron chi connectivity index (χ0n) is 8.22. The number of halogens is 1. The molecule has 1 aromatic carbocycles. The normalized spacial score (nSPS) is 9.56. The second-order valence-electron chi connectivity index (χ2n) is 3.08. The highest BCUT2D eigenvalue weighted by molar-refractivity contribution is 6.35. The Kier molecular flexibility index (Phi) is 3.10. The van der Waals surface area contributed by atoms with Gasteiger partial charge in [0.25, 0.3) is 0 Å². The maximum absolute atomic E-state index is 10.2. The lowest BCUT2D eigenvalue weighted by Gasteiger charge is -2.04. The Morgan fingerprint density at radius 3 is 2.81 bits per heavy atom. The SMILES string of the molecule is O=C=Nc1cccc(-c2cccnc2)c1Cl. The van der Waals surface area contributed by atoms with Gasteiger partial charge in [0, 0.05) is 23.5 Å². The van der Waals surface area contributed by atoms with Crippen LogP contribution in [0.3, 0.4) is 0 Å². The van der Waals surface area contributed by atoms with Gasteiger partial charge in [-0.1, -0.05) is 29.8 Å². The molecule has 0 saturated carbocycles.